The van der Waals surface area contributed by atoms with Crippen LogP contribution in [0.25, 0.3) is 10.1 Å². The van der Waals surface area contributed by atoms with Crippen LogP contribution in [0.3, 0.4) is 0 Å². The summed E-state index contributed by atoms with van der Waals surface area (Å²) >= 11 is 1.90. The van der Waals surface area contributed by atoms with Gasteiger partial charge in [0.25, 0.3) is 0 Å². The monoisotopic (exact) mass is 252 g/mol. The Morgan fingerprint density at radius 3 is 2.33 bits per heavy atom. The highest BCUT2D eigenvalue weighted by Gasteiger charge is 2.02. The van der Waals surface area contributed by atoms with Gasteiger partial charge in [-0.3, -0.25) is 0 Å². The molecule has 0 atom stereocenters. The van der Waals surface area contributed by atoms with E-state index in [0.29, 0.717) is 0 Å². The second-order valence-electron chi connectivity index (χ2n) is 4.60. The predicted octanol–water partition coefficient (Wildman–Crippen LogP) is 5.05. The first-order valence-corrected chi connectivity index (χ1v) is 7.22. The van der Waals surface area contributed by atoms with Crippen LogP contribution in [0.1, 0.15) is 22.9 Å². The minimum Gasteiger partial charge on any atom is -0.140 e. The Labute approximate surface area is 112 Å². The van der Waals surface area contributed by atoms with Crippen molar-refractivity contribution in [3.05, 3.63) is 70.6 Å². The maximum atomic E-state index is 2.31. The van der Waals surface area contributed by atoms with Crippen LogP contribution in [0.5, 0.6) is 0 Å². The lowest BCUT2D eigenvalue weighted by Gasteiger charge is -2.00. The third-order valence-electron chi connectivity index (χ3n) is 3.29. The van der Waals surface area contributed by atoms with Crippen molar-refractivity contribution in [1.82, 2.24) is 0 Å². The molecule has 18 heavy (non-hydrogen) atoms. The van der Waals surface area contributed by atoms with Crippen molar-refractivity contribution in [1.29, 1.82) is 0 Å². The maximum absolute atomic E-state index is 2.31. The molecule has 0 spiro atoms. The van der Waals surface area contributed by atoms with Gasteiger partial charge in [-0.15, -0.1) is 11.3 Å². The van der Waals surface area contributed by atoms with Crippen LogP contribution >= 0.6 is 11.3 Å². The molecule has 0 aliphatic carbocycles. The highest BCUT2D eigenvalue weighted by Crippen LogP contribution is 2.27. The highest BCUT2D eigenvalue weighted by atomic mass is 32.1. The normalized spacial score (nSPS) is 10.9. The molecule has 2 aromatic carbocycles. The molecule has 1 heteroatoms. The number of rotatable bonds is 3. The molecule has 0 fully saturated rings. The number of hydrogen-bond acceptors (Lipinski definition) is 1. The summed E-state index contributed by atoms with van der Waals surface area (Å²) in [6, 6.07) is 19.9. The van der Waals surface area contributed by atoms with Gasteiger partial charge in [-0.25, -0.2) is 0 Å². The van der Waals surface area contributed by atoms with Gasteiger partial charge >= 0.3 is 0 Å². The molecule has 0 nitrogen and oxygen atoms in total. The first-order chi connectivity index (χ1) is 8.85. The summed E-state index contributed by atoms with van der Waals surface area (Å²) in [4.78, 5) is 1.44. The third kappa shape index (κ3) is 2.32. The molecule has 0 bridgehead atoms. The van der Waals surface area contributed by atoms with E-state index in [1.54, 1.807) is 0 Å². The van der Waals surface area contributed by atoms with Gasteiger partial charge < -0.3 is 0 Å². The quantitative estimate of drug-likeness (QED) is 0.611. The summed E-state index contributed by atoms with van der Waals surface area (Å²) in [5.74, 6) is 0. The summed E-state index contributed by atoms with van der Waals surface area (Å²) in [7, 11) is 0. The van der Waals surface area contributed by atoms with Gasteiger partial charge in [0, 0.05) is 16.0 Å². The van der Waals surface area contributed by atoms with Crippen molar-refractivity contribution < 1.29 is 0 Å². The van der Waals surface area contributed by atoms with Crippen LogP contribution in [0.4, 0.5) is 0 Å². The van der Waals surface area contributed by atoms with Gasteiger partial charge in [0.1, 0.15) is 0 Å². The summed E-state index contributed by atoms with van der Waals surface area (Å²) in [5.41, 5.74) is 2.81. The molecule has 1 aromatic heterocycles. The molecule has 90 valence electrons. The largest absolute Gasteiger partial charge is 0.140 e. The highest BCUT2D eigenvalue weighted by molar-refractivity contribution is 7.19. The molecule has 0 saturated heterocycles. The van der Waals surface area contributed by atoms with Gasteiger partial charge in [-0.05, 0) is 35.1 Å². The Hall–Kier alpha value is -1.60. The molecule has 0 saturated carbocycles. The average molecular weight is 252 g/mol. The zero-order chi connectivity index (χ0) is 12.4. The van der Waals surface area contributed by atoms with Gasteiger partial charge in [0.05, 0.1) is 0 Å². The summed E-state index contributed by atoms with van der Waals surface area (Å²) < 4.78 is 1.39. The first kappa shape index (κ1) is 11.5. The standard InChI is InChI=1S/C17H16S/c1-2-13-7-9-14(10-8-13)11-16-12-15-5-3-4-6-17(15)18-16/h3-10,12H,2,11H2,1H3. The topological polar surface area (TPSA) is 0 Å². The van der Waals surface area contributed by atoms with Gasteiger partial charge in [0.2, 0.25) is 0 Å². The van der Waals surface area contributed by atoms with E-state index in [2.05, 4.69) is 61.5 Å². The second-order valence-corrected chi connectivity index (χ2v) is 5.77. The van der Waals surface area contributed by atoms with E-state index < -0.39 is 0 Å². The Morgan fingerprint density at radius 2 is 1.61 bits per heavy atom. The van der Waals surface area contributed by atoms with Crippen molar-refractivity contribution in [3.8, 4) is 0 Å². The van der Waals surface area contributed by atoms with Crippen molar-refractivity contribution in [2.45, 2.75) is 19.8 Å². The molecule has 3 aromatic rings. The minimum absolute atomic E-state index is 1.04. The number of fused-ring (bicyclic) bond motifs is 1. The zero-order valence-corrected chi connectivity index (χ0v) is 11.3. The fourth-order valence-electron chi connectivity index (χ4n) is 2.22. The van der Waals surface area contributed by atoms with Crippen molar-refractivity contribution in [3.63, 3.8) is 0 Å². The molecule has 0 N–H and O–H groups in total. The molecular formula is C17H16S. The van der Waals surface area contributed by atoms with Crippen molar-refractivity contribution in [2.24, 2.45) is 0 Å². The van der Waals surface area contributed by atoms with E-state index >= 15 is 0 Å². The third-order valence-corrected chi connectivity index (χ3v) is 4.40. The SMILES string of the molecule is CCc1ccc(Cc2cc3ccccc3s2)cc1. The fraction of sp³-hybridized carbons (Fsp3) is 0.176. The summed E-state index contributed by atoms with van der Waals surface area (Å²) in [6.45, 7) is 2.20. The van der Waals surface area contributed by atoms with Gasteiger partial charge in [-0.2, -0.15) is 0 Å². The molecule has 1 heterocycles. The molecule has 0 radical (unpaired) electrons. The molecule has 0 unspecified atom stereocenters. The minimum atomic E-state index is 1.04. The molecule has 0 aliphatic heterocycles. The maximum Gasteiger partial charge on any atom is 0.0345 e. The lowest BCUT2D eigenvalue weighted by molar-refractivity contribution is 1.13. The Kier molecular flexibility index (Phi) is 3.16. The predicted molar refractivity (Wildman–Crippen MR) is 80.5 cm³/mol. The molecule has 0 aliphatic rings. The number of thiophene rings is 1. The second kappa shape index (κ2) is 4.95. The van der Waals surface area contributed by atoms with Crippen LogP contribution in [-0.4, -0.2) is 0 Å². The van der Waals surface area contributed by atoms with E-state index in [1.165, 1.54) is 26.1 Å². The summed E-state index contributed by atoms with van der Waals surface area (Å²) in [6.07, 6.45) is 2.16. The van der Waals surface area contributed by atoms with Gasteiger partial charge in [-0.1, -0.05) is 49.4 Å². The zero-order valence-electron chi connectivity index (χ0n) is 10.5. The number of hydrogen-bond donors (Lipinski definition) is 0. The van der Waals surface area contributed by atoms with E-state index in [-0.39, 0.29) is 0 Å². The lowest BCUT2D eigenvalue weighted by Crippen LogP contribution is -1.85. The van der Waals surface area contributed by atoms with Crippen molar-refractivity contribution >= 4 is 21.4 Å². The van der Waals surface area contributed by atoms with E-state index in [4.69, 9.17) is 0 Å². The Morgan fingerprint density at radius 1 is 0.889 bits per heavy atom. The molecular weight excluding hydrogens is 236 g/mol. The van der Waals surface area contributed by atoms with Crippen LogP contribution in [0, 0.1) is 0 Å². The smallest absolute Gasteiger partial charge is 0.0345 e. The van der Waals surface area contributed by atoms with Crippen LogP contribution < -0.4 is 0 Å². The van der Waals surface area contributed by atoms with E-state index in [1.807, 2.05) is 11.3 Å². The van der Waals surface area contributed by atoms with Crippen LogP contribution in [0.15, 0.2) is 54.6 Å². The first-order valence-electron chi connectivity index (χ1n) is 6.40. The van der Waals surface area contributed by atoms with Crippen LogP contribution in [-0.2, 0) is 12.8 Å². The Balaban J connectivity index is 1.86. The lowest BCUT2D eigenvalue weighted by atomic mass is 10.1. The van der Waals surface area contributed by atoms with E-state index in [9.17, 15) is 0 Å². The van der Waals surface area contributed by atoms with Crippen LogP contribution in [0.2, 0.25) is 0 Å². The molecule has 3 rings (SSSR count). The summed E-state index contributed by atoms with van der Waals surface area (Å²) in [5, 5.41) is 1.36. The Bertz CT molecular complexity index is 614. The van der Waals surface area contributed by atoms with E-state index in [0.717, 1.165) is 12.8 Å². The number of aryl methyl sites for hydroxylation is 1. The molecule has 0 amide bonds. The van der Waals surface area contributed by atoms with Gasteiger partial charge in [0.15, 0.2) is 0 Å². The van der Waals surface area contributed by atoms with Crippen molar-refractivity contribution in [2.75, 3.05) is 0 Å². The average Bonchev–Trinajstić information content (AvgIpc) is 2.82. The number of benzene rings is 2. The fourth-order valence-corrected chi connectivity index (χ4v) is 3.32.